The lowest BCUT2D eigenvalue weighted by atomic mass is 10.2. The number of amides is 2. The predicted octanol–water partition coefficient (Wildman–Crippen LogP) is 2.64. The maximum absolute atomic E-state index is 12.3. The second kappa shape index (κ2) is 11.0. The number of carbonyl (C=O) groups is 2. The number of ether oxygens (including phenoxy) is 3. The molecule has 0 unspecified atom stereocenters. The zero-order valence-electron chi connectivity index (χ0n) is 17.1. The van der Waals surface area contributed by atoms with E-state index in [2.05, 4.69) is 20.8 Å². The highest BCUT2D eigenvalue weighted by atomic mass is 32.1. The van der Waals surface area contributed by atoms with Crippen molar-refractivity contribution in [1.82, 2.24) is 15.5 Å². The number of carbonyl (C=O) groups excluding carboxylic acids is 2. The van der Waals surface area contributed by atoms with Gasteiger partial charge in [-0.25, -0.2) is 0 Å². The summed E-state index contributed by atoms with van der Waals surface area (Å²) in [5, 5.41) is 14.0. The van der Waals surface area contributed by atoms with Crippen LogP contribution in [0.3, 0.4) is 0 Å². The van der Waals surface area contributed by atoms with Crippen molar-refractivity contribution >= 4 is 28.8 Å². The summed E-state index contributed by atoms with van der Waals surface area (Å²) in [6.07, 6.45) is 0. The van der Waals surface area contributed by atoms with Crippen LogP contribution < -0.4 is 20.1 Å². The van der Waals surface area contributed by atoms with Crippen molar-refractivity contribution in [3.05, 3.63) is 64.1 Å². The van der Waals surface area contributed by atoms with E-state index in [1.807, 2.05) is 24.3 Å². The summed E-state index contributed by atoms with van der Waals surface area (Å²) in [6, 6.07) is 14.4. The quantitative estimate of drug-likeness (QED) is 0.496. The average molecular weight is 442 g/mol. The third-order valence-corrected chi connectivity index (χ3v) is 5.03. The van der Waals surface area contributed by atoms with Gasteiger partial charge in [-0.05, 0) is 30.3 Å². The van der Waals surface area contributed by atoms with E-state index in [0.717, 1.165) is 16.9 Å². The predicted molar refractivity (Wildman–Crippen MR) is 115 cm³/mol. The number of aromatic nitrogens is 2. The molecular weight excluding hydrogens is 420 g/mol. The van der Waals surface area contributed by atoms with E-state index >= 15 is 0 Å². The molecule has 0 radical (unpaired) electrons. The molecule has 0 aliphatic rings. The summed E-state index contributed by atoms with van der Waals surface area (Å²) in [4.78, 5) is 24.3. The minimum atomic E-state index is -0.372. The Morgan fingerprint density at radius 2 is 1.77 bits per heavy atom. The fourth-order valence-electron chi connectivity index (χ4n) is 2.59. The molecule has 3 rings (SSSR count). The van der Waals surface area contributed by atoms with Crippen molar-refractivity contribution in [2.45, 2.75) is 13.2 Å². The second-order valence-electron chi connectivity index (χ2n) is 6.26. The highest BCUT2D eigenvalue weighted by Gasteiger charge is 2.14. The summed E-state index contributed by atoms with van der Waals surface area (Å²) < 4.78 is 15.7. The molecule has 1 aromatic heterocycles. The molecule has 0 bridgehead atoms. The highest BCUT2D eigenvalue weighted by molar-refractivity contribution is 7.13. The molecule has 162 valence electrons. The summed E-state index contributed by atoms with van der Waals surface area (Å²) in [7, 11) is 3.15. The van der Waals surface area contributed by atoms with Gasteiger partial charge in [0.15, 0.2) is 0 Å². The smallest absolute Gasteiger partial charge is 0.286 e. The maximum Gasteiger partial charge on any atom is 0.286 e. The lowest BCUT2D eigenvalue weighted by Crippen LogP contribution is -2.27. The Labute approximate surface area is 183 Å². The Bertz CT molecular complexity index is 1020. The van der Waals surface area contributed by atoms with E-state index < -0.39 is 0 Å². The van der Waals surface area contributed by atoms with Crippen LogP contribution in [0.25, 0.3) is 0 Å². The molecule has 31 heavy (non-hydrogen) atoms. The van der Waals surface area contributed by atoms with Crippen molar-refractivity contribution in [2.75, 3.05) is 26.1 Å². The SMILES string of the molecule is COc1ccc(NC(=O)c2nnc(COCC(=O)NCc3ccccc3OC)s2)cc1. The van der Waals surface area contributed by atoms with Gasteiger partial charge in [-0.15, -0.1) is 10.2 Å². The van der Waals surface area contributed by atoms with Crippen LogP contribution >= 0.6 is 11.3 Å². The molecule has 2 aromatic carbocycles. The topological polar surface area (TPSA) is 112 Å². The first-order valence-corrected chi connectivity index (χ1v) is 10.1. The van der Waals surface area contributed by atoms with Crippen molar-refractivity contribution in [2.24, 2.45) is 0 Å². The number of hydrogen-bond donors (Lipinski definition) is 2. The minimum Gasteiger partial charge on any atom is -0.497 e. The van der Waals surface area contributed by atoms with Gasteiger partial charge in [0.1, 0.15) is 29.7 Å². The van der Waals surface area contributed by atoms with Gasteiger partial charge in [0, 0.05) is 17.8 Å². The van der Waals surface area contributed by atoms with Gasteiger partial charge in [-0.3, -0.25) is 9.59 Å². The maximum atomic E-state index is 12.3. The molecule has 1 heterocycles. The Kier molecular flexibility index (Phi) is 7.91. The van der Waals surface area contributed by atoms with Crippen LogP contribution in [0.4, 0.5) is 5.69 Å². The Hall–Kier alpha value is -3.50. The molecule has 0 aliphatic heterocycles. The minimum absolute atomic E-state index is 0.0789. The Morgan fingerprint density at radius 1 is 1.00 bits per heavy atom. The van der Waals surface area contributed by atoms with Crippen LogP contribution in [-0.2, 0) is 22.7 Å². The van der Waals surface area contributed by atoms with Crippen molar-refractivity contribution < 1.29 is 23.8 Å². The van der Waals surface area contributed by atoms with E-state index in [4.69, 9.17) is 14.2 Å². The number of nitrogens with one attached hydrogen (secondary N) is 2. The lowest BCUT2D eigenvalue weighted by Gasteiger charge is -2.09. The fraction of sp³-hybridized carbons (Fsp3) is 0.238. The highest BCUT2D eigenvalue weighted by Crippen LogP contribution is 2.18. The fourth-order valence-corrected chi connectivity index (χ4v) is 3.26. The number of benzene rings is 2. The van der Waals surface area contributed by atoms with E-state index in [-0.39, 0.29) is 30.0 Å². The van der Waals surface area contributed by atoms with Gasteiger partial charge in [-0.1, -0.05) is 29.5 Å². The number of rotatable bonds is 10. The molecule has 2 N–H and O–H groups in total. The third-order valence-electron chi connectivity index (χ3n) is 4.14. The number of anilines is 1. The standard InChI is InChI=1S/C21H22N4O5S/c1-28-16-9-7-15(8-10-16)23-20(27)21-25-24-19(31-21)13-30-12-18(26)22-11-14-5-3-4-6-17(14)29-2/h3-10H,11-13H2,1-2H3,(H,22,26)(H,23,27). The number of methoxy groups -OCH3 is 2. The van der Waals surface area contributed by atoms with Gasteiger partial charge in [0.2, 0.25) is 10.9 Å². The average Bonchev–Trinajstić information content (AvgIpc) is 3.27. The molecule has 0 aliphatic carbocycles. The van der Waals surface area contributed by atoms with E-state index in [1.165, 1.54) is 0 Å². The number of para-hydroxylation sites is 1. The van der Waals surface area contributed by atoms with Gasteiger partial charge in [0.25, 0.3) is 5.91 Å². The first-order chi connectivity index (χ1) is 15.1. The Balaban J connectivity index is 1.42. The van der Waals surface area contributed by atoms with E-state index in [1.54, 1.807) is 38.5 Å². The van der Waals surface area contributed by atoms with Crippen LogP contribution in [0.5, 0.6) is 11.5 Å². The van der Waals surface area contributed by atoms with Crippen LogP contribution in [-0.4, -0.2) is 42.8 Å². The molecule has 0 fully saturated rings. The van der Waals surface area contributed by atoms with Gasteiger partial charge >= 0.3 is 0 Å². The number of hydrogen-bond acceptors (Lipinski definition) is 8. The van der Waals surface area contributed by atoms with Gasteiger partial charge in [-0.2, -0.15) is 0 Å². The molecule has 0 saturated heterocycles. The van der Waals surface area contributed by atoms with Crippen molar-refractivity contribution in [3.8, 4) is 11.5 Å². The first-order valence-electron chi connectivity index (χ1n) is 9.33. The summed E-state index contributed by atoms with van der Waals surface area (Å²) in [5.41, 5.74) is 1.49. The van der Waals surface area contributed by atoms with Crippen LogP contribution in [0.15, 0.2) is 48.5 Å². The molecule has 0 saturated carbocycles. The van der Waals surface area contributed by atoms with Crippen molar-refractivity contribution in [3.63, 3.8) is 0 Å². The molecule has 0 atom stereocenters. The molecule has 2 amide bonds. The van der Waals surface area contributed by atoms with Crippen LogP contribution in [0.1, 0.15) is 20.4 Å². The second-order valence-corrected chi connectivity index (χ2v) is 7.33. The van der Waals surface area contributed by atoms with E-state index in [9.17, 15) is 9.59 Å². The summed E-state index contributed by atoms with van der Waals surface area (Å²) in [5.74, 6) is 0.759. The number of nitrogens with zero attached hydrogens (tertiary/aromatic N) is 2. The normalized spacial score (nSPS) is 10.4. The molecule has 3 aromatic rings. The van der Waals surface area contributed by atoms with E-state index in [0.29, 0.717) is 28.7 Å². The zero-order valence-corrected chi connectivity index (χ0v) is 17.9. The van der Waals surface area contributed by atoms with Crippen LogP contribution in [0, 0.1) is 0 Å². The van der Waals surface area contributed by atoms with Crippen LogP contribution in [0.2, 0.25) is 0 Å². The summed E-state index contributed by atoms with van der Waals surface area (Å²) >= 11 is 1.10. The first kappa shape index (κ1) is 22.2. The molecular formula is C21H22N4O5S. The monoisotopic (exact) mass is 442 g/mol. The molecule has 0 spiro atoms. The van der Waals surface area contributed by atoms with Crippen molar-refractivity contribution in [1.29, 1.82) is 0 Å². The molecule has 10 heteroatoms. The third kappa shape index (κ3) is 6.49. The zero-order chi connectivity index (χ0) is 22.1. The lowest BCUT2D eigenvalue weighted by molar-refractivity contribution is -0.126. The Morgan fingerprint density at radius 3 is 2.52 bits per heavy atom. The molecule has 9 nitrogen and oxygen atoms in total. The largest absolute Gasteiger partial charge is 0.497 e. The summed E-state index contributed by atoms with van der Waals surface area (Å²) in [6.45, 7) is 0.276. The van der Waals surface area contributed by atoms with Gasteiger partial charge < -0.3 is 24.8 Å². The van der Waals surface area contributed by atoms with Gasteiger partial charge in [0.05, 0.1) is 14.2 Å².